The number of benzene rings is 3. The van der Waals surface area contributed by atoms with Gasteiger partial charge >= 0.3 is 5.97 Å². The Kier molecular flexibility index (Phi) is 6.32. The number of rotatable bonds is 8. The lowest BCUT2D eigenvalue weighted by atomic mass is 9.87. The monoisotopic (exact) mass is 521 g/mol. The van der Waals surface area contributed by atoms with Crippen LogP contribution < -0.4 is 19.5 Å². The molecule has 2 bridgehead atoms. The van der Waals surface area contributed by atoms with Gasteiger partial charge < -0.3 is 24.6 Å². The van der Waals surface area contributed by atoms with Crippen LogP contribution in [0, 0.1) is 11.8 Å². The van der Waals surface area contributed by atoms with E-state index in [1.165, 1.54) is 19.3 Å². The minimum atomic E-state index is -0.933. The van der Waals surface area contributed by atoms with Crippen LogP contribution in [0.4, 0.5) is 0 Å². The molecule has 192 valence electrons. The van der Waals surface area contributed by atoms with Gasteiger partial charge in [0.2, 0.25) is 6.79 Å². The first-order valence-corrected chi connectivity index (χ1v) is 13.1. The molecule has 4 atom stereocenters. The number of hydrogen-bond acceptors (Lipinski definition) is 5. The van der Waals surface area contributed by atoms with E-state index in [4.69, 9.17) is 25.8 Å². The molecule has 2 aliphatic carbocycles. The fourth-order valence-electron chi connectivity index (χ4n) is 6.15. The molecule has 2 fully saturated rings. The summed E-state index contributed by atoms with van der Waals surface area (Å²) in [5.74, 6) is 1.56. The van der Waals surface area contributed by atoms with Crippen LogP contribution in [0.15, 0.2) is 48.5 Å². The summed E-state index contributed by atoms with van der Waals surface area (Å²) in [5.41, 5.74) is 1.47. The number of carboxylic acids is 1. The molecule has 0 radical (unpaired) electrons. The Hall–Kier alpha value is -3.45. The highest BCUT2D eigenvalue weighted by Crippen LogP contribution is 2.45. The average molecular weight is 522 g/mol. The van der Waals surface area contributed by atoms with Crippen molar-refractivity contribution in [1.82, 2.24) is 5.32 Å². The summed E-state index contributed by atoms with van der Waals surface area (Å²) in [7, 11) is 0. The Morgan fingerprint density at radius 1 is 1.03 bits per heavy atom. The fourth-order valence-corrected chi connectivity index (χ4v) is 6.44. The molecule has 0 aromatic heterocycles. The molecule has 7 nitrogen and oxygen atoms in total. The lowest BCUT2D eigenvalue weighted by Crippen LogP contribution is -2.40. The van der Waals surface area contributed by atoms with Crippen LogP contribution in [-0.4, -0.2) is 36.4 Å². The maximum absolute atomic E-state index is 12.5. The normalized spacial score (nSPS) is 22.2. The van der Waals surface area contributed by atoms with E-state index in [1.807, 2.05) is 36.4 Å². The summed E-state index contributed by atoms with van der Waals surface area (Å²) >= 11 is 6.55. The van der Waals surface area contributed by atoms with Crippen molar-refractivity contribution in [2.24, 2.45) is 11.8 Å². The highest BCUT2D eigenvalue weighted by molar-refractivity contribution is 6.31. The second kappa shape index (κ2) is 9.78. The number of carbonyl (C=O) groups excluding carboxylic acids is 1. The van der Waals surface area contributed by atoms with Crippen LogP contribution in [0.5, 0.6) is 17.2 Å². The van der Waals surface area contributed by atoms with Crippen molar-refractivity contribution in [2.75, 3.05) is 13.4 Å². The van der Waals surface area contributed by atoms with Crippen molar-refractivity contribution in [3.05, 3.63) is 64.7 Å². The van der Waals surface area contributed by atoms with Gasteiger partial charge in [0.15, 0.2) is 18.1 Å². The number of aliphatic carboxylic acids is 1. The quantitative estimate of drug-likeness (QED) is 0.406. The summed E-state index contributed by atoms with van der Waals surface area (Å²) < 4.78 is 16.7. The van der Waals surface area contributed by atoms with Crippen LogP contribution >= 0.6 is 11.6 Å². The van der Waals surface area contributed by atoms with Crippen molar-refractivity contribution in [1.29, 1.82) is 0 Å². The van der Waals surface area contributed by atoms with Gasteiger partial charge in [0.05, 0.1) is 6.42 Å². The van der Waals surface area contributed by atoms with Crippen molar-refractivity contribution in [3.63, 3.8) is 0 Å². The number of carboxylic acid groups (broad SMARTS) is 1. The molecule has 6 rings (SSSR count). The van der Waals surface area contributed by atoms with Gasteiger partial charge in [-0.05, 0) is 71.2 Å². The second-order valence-corrected chi connectivity index (χ2v) is 10.7. The van der Waals surface area contributed by atoms with E-state index in [9.17, 15) is 14.7 Å². The molecule has 1 heterocycles. The van der Waals surface area contributed by atoms with E-state index in [-0.39, 0.29) is 31.8 Å². The van der Waals surface area contributed by atoms with Gasteiger partial charge in [-0.2, -0.15) is 0 Å². The summed E-state index contributed by atoms with van der Waals surface area (Å²) in [5, 5.41) is 15.1. The second-order valence-electron chi connectivity index (χ2n) is 10.3. The van der Waals surface area contributed by atoms with Gasteiger partial charge in [-0.3, -0.25) is 9.59 Å². The molecule has 1 aliphatic heterocycles. The van der Waals surface area contributed by atoms with Crippen molar-refractivity contribution in [3.8, 4) is 17.2 Å². The summed E-state index contributed by atoms with van der Waals surface area (Å²) in [6, 6.07) is 15.2. The van der Waals surface area contributed by atoms with E-state index in [0.717, 1.165) is 28.7 Å². The van der Waals surface area contributed by atoms with Crippen LogP contribution in [0.2, 0.25) is 5.02 Å². The molecule has 2 saturated carbocycles. The van der Waals surface area contributed by atoms with Gasteiger partial charge in [0.1, 0.15) is 5.75 Å². The van der Waals surface area contributed by atoms with Crippen molar-refractivity contribution in [2.45, 2.75) is 44.1 Å². The molecule has 3 aromatic carbocycles. The highest BCUT2D eigenvalue weighted by atomic mass is 35.5. The van der Waals surface area contributed by atoms with Gasteiger partial charge in [-0.1, -0.05) is 42.3 Å². The maximum atomic E-state index is 12.5. The maximum Gasteiger partial charge on any atom is 0.304 e. The Bertz CT molecular complexity index is 1370. The predicted molar refractivity (Wildman–Crippen MR) is 138 cm³/mol. The molecule has 1 unspecified atom stereocenters. The smallest absolute Gasteiger partial charge is 0.304 e. The molecular weight excluding hydrogens is 494 g/mol. The summed E-state index contributed by atoms with van der Waals surface area (Å²) in [6.07, 6.45) is 4.69. The number of nitrogens with one attached hydrogen (secondary N) is 1. The first-order chi connectivity index (χ1) is 17.9. The SMILES string of the molecule is O=C(O)CC(c1ccc2ccc(OCC(=O)N[C@H]3C[C@@H]4CC[C@H]3C4)cc2c1)c1cc2c(cc1Cl)OCO2. The van der Waals surface area contributed by atoms with Gasteiger partial charge in [0, 0.05) is 23.0 Å². The molecule has 8 heteroatoms. The van der Waals surface area contributed by atoms with Gasteiger partial charge in [-0.25, -0.2) is 0 Å². The van der Waals surface area contributed by atoms with Crippen molar-refractivity contribution >= 4 is 34.2 Å². The standard InChI is InChI=1S/C29H28ClNO6/c30-24-13-27-26(36-15-37-27)11-23(24)22(12-29(33)34)18-4-3-17-5-6-21(10-20(17)9-18)35-14-28(32)31-25-8-16-1-2-19(25)7-16/h3-6,9-11,13,16,19,22,25H,1-2,7-8,12,14-15H2,(H,31,32)(H,33,34)/t16-,19+,22?,25+/m1/s1. The summed E-state index contributed by atoms with van der Waals surface area (Å²) in [4.78, 5) is 24.3. The molecule has 2 N–H and O–H groups in total. The average Bonchev–Trinajstić information content (AvgIpc) is 3.62. The van der Waals surface area contributed by atoms with Crippen LogP contribution in [0.1, 0.15) is 49.1 Å². The zero-order valence-corrected chi connectivity index (χ0v) is 21.0. The molecule has 3 aliphatic rings. The van der Waals surface area contributed by atoms with Crippen LogP contribution in [0.25, 0.3) is 10.8 Å². The first-order valence-electron chi connectivity index (χ1n) is 12.7. The largest absolute Gasteiger partial charge is 0.484 e. The third kappa shape index (κ3) is 4.92. The topological polar surface area (TPSA) is 94.1 Å². The number of halogens is 1. The Morgan fingerprint density at radius 3 is 2.59 bits per heavy atom. The minimum Gasteiger partial charge on any atom is -0.484 e. The molecular formula is C29H28ClNO6. The third-order valence-corrected chi connectivity index (χ3v) is 8.27. The number of amides is 1. The number of carbonyl (C=O) groups is 2. The third-order valence-electron chi connectivity index (χ3n) is 7.94. The predicted octanol–water partition coefficient (Wildman–Crippen LogP) is 5.51. The van der Waals surface area contributed by atoms with Crippen LogP contribution in [-0.2, 0) is 9.59 Å². The van der Waals surface area contributed by atoms with Crippen molar-refractivity contribution < 1.29 is 28.9 Å². The fraction of sp³-hybridized carbons (Fsp3) is 0.379. The Labute approximate surface area is 219 Å². The van der Waals surface area contributed by atoms with Crippen LogP contribution in [0.3, 0.4) is 0 Å². The van der Waals surface area contributed by atoms with Gasteiger partial charge in [-0.15, -0.1) is 0 Å². The van der Waals surface area contributed by atoms with E-state index in [0.29, 0.717) is 33.8 Å². The first kappa shape index (κ1) is 23.9. The molecule has 1 amide bonds. The summed E-state index contributed by atoms with van der Waals surface area (Å²) in [6.45, 7) is 0.0742. The van der Waals surface area contributed by atoms with E-state index >= 15 is 0 Å². The van der Waals surface area contributed by atoms with Gasteiger partial charge in [0.25, 0.3) is 5.91 Å². The zero-order valence-electron chi connectivity index (χ0n) is 20.2. The molecule has 3 aromatic rings. The van der Waals surface area contributed by atoms with E-state index < -0.39 is 11.9 Å². The Morgan fingerprint density at radius 2 is 1.84 bits per heavy atom. The number of ether oxygens (including phenoxy) is 3. The van der Waals surface area contributed by atoms with E-state index in [1.54, 1.807) is 12.1 Å². The number of hydrogen-bond donors (Lipinski definition) is 2. The van der Waals surface area contributed by atoms with E-state index in [2.05, 4.69) is 5.32 Å². The highest BCUT2D eigenvalue weighted by Gasteiger charge is 2.40. The molecule has 37 heavy (non-hydrogen) atoms. The zero-order chi connectivity index (χ0) is 25.5. The molecule has 0 saturated heterocycles. The molecule has 0 spiro atoms. The minimum absolute atomic E-state index is 0.0342. The Balaban J connectivity index is 1.21. The number of fused-ring (bicyclic) bond motifs is 4. The lowest BCUT2D eigenvalue weighted by Gasteiger charge is -2.22. The lowest BCUT2D eigenvalue weighted by molar-refractivity contribution is -0.137.